The van der Waals surface area contributed by atoms with E-state index >= 15 is 0 Å². The van der Waals surface area contributed by atoms with Crippen LogP contribution in [0.15, 0.2) is 139 Å². The third-order valence-electron chi connectivity index (χ3n) is 6.24. The SMILES string of the molecule is C1=CC(=Cc2cccc3ccccc23)[C]([Zr+2][C]2=CC=CC2=Cc2cccc3ccccc23)=C1.[Cl-].[Cl-]. The summed E-state index contributed by atoms with van der Waals surface area (Å²) in [6, 6.07) is 30.4. The quantitative estimate of drug-likeness (QED) is 0.355. The summed E-state index contributed by atoms with van der Waals surface area (Å²) in [6.07, 6.45) is 18.4. The molecule has 0 saturated heterocycles. The summed E-state index contributed by atoms with van der Waals surface area (Å²) in [4.78, 5) is 0. The van der Waals surface area contributed by atoms with E-state index in [0.717, 1.165) is 0 Å². The third-order valence-corrected chi connectivity index (χ3v) is 9.80. The molecule has 6 rings (SSSR count). The van der Waals surface area contributed by atoms with Crippen molar-refractivity contribution in [2.75, 3.05) is 0 Å². The van der Waals surface area contributed by atoms with Gasteiger partial charge in [-0.15, -0.1) is 0 Å². The van der Waals surface area contributed by atoms with E-state index in [1.54, 1.807) is 0 Å². The van der Waals surface area contributed by atoms with Crippen molar-refractivity contribution in [3.63, 3.8) is 0 Å². The summed E-state index contributed by atoms with van der Waals surface area (Å²) in [6.45, 7) is 0. The van der Waals surface area contributed by atoms with Gasteiger partial charge in [-0.3, -0.25) is 0 Å². The van der Waals surface area contributed by atoms with Crippen LogP contribution in [0, 0.1) is 0 Å². The number of halogens is 2. The summed E-state index contributed by atoms with van der Waals surface area (Å²) >= 11 is -0.947. The maximum absolute atomic E-state index is 2.37. The largest absolute Gasteiger partial charge is 1.00 e. The Morgan fingerprint density at radius 2 is 0.914 bits per heavy atom. The average Bonchev–Trinajstić information content (AvgIpc) is 3.49. The Bertz CT molecular complexity index is 1450. The second-order valence-electron chi connectivity index (χ2n) is 8.34. The van der Waals surface area contributed by atoms with E-state index in [4.69, 9.17) is 0 Å². The molecule has 0 N–H and O–H groups in total. The molecular formula is C32H22Cl2Zr. The Labute approximate surface area is 230 Å². The van der Waals surface area contributed by atoms with Gasteiger partial charge in [0.05, 0.1) is 0 Å². The Morgan fingerprint density at radius 1 is 0.486 bits per heavy atom. The first-order chi connectivity index (χ1) is 16.3. The van der Waals surface area contributed by atoms with Gasteiger partial charge in [-0.05, 0) is 0 Å². The van der Waals surface area contributed by atoms with Crippen molar-refractivity contribution in [2.24, 2.45) is 0 Å². The van der Waals surface area contributed by atoms with Crippen molar-refractivity contribution in [1.82, 2.24) is 0 Å². The Morgan fingerprint density at radius 3 is 1.40 bits per heavy atom. The van der Waals surface area contributed by atoms with Gasteiger partial charge < -0.3 is 24.8 Å². The van der Waals surface area contributed by atoms with E-state index in [2.05, 4.69) is 134 Å². The summed E-state index contributed by atoms with van der Waals surface area (Å²) in [5.41, 5.74) is 5.33. The fourth-order valence-electron chi connectivity index (χ4n) is 4.58. The molecule has 0 spiro atoms. The van der Waals surface area contributed by atoms with Crippen LogP contribution >= 0.6 is 0 Å². The number of hydrogen-bond acceptors (Lipinski definition) is 0. The van der Waals surface area contributed by atoms with Gasteiger partial charge in [0.25, 0.3) is 0 Å². The van der Waals surface area contributed by atoms with E-state index < -0.39 is 23.2 Å². The predicted molar refractivity (Wildman–Crippen MR) is 138 cm³/mol. The summed E-state index contributed by atoms with van der Waals surface area (Å²) in [5, 5.41) is 5.22. The van der Waals surface area contributed by atoms with E-state index in [9.17, 15) is 0 Å². The van der Waals surface area contributed by atoms with Crippen LogP contribution in [-0.4, -0.2) is 0 Å². The molecule has 35 heavy (non-hydrogen) atoms. The smallest absolute Gasteiger partial charge is 1.00 e. The molecule has 0 aromatic heterocycles. The molecule has 2 aliphatic rings. The number of benzene rings is 4. The molecule has 168 valence electrons. The van der Waals surface area contributed by atoms with Gasteiger partial charge in [-0.25, -0.2) is 0 Å². The standard InChI is InChI=1S/2C16H11.2ClH.Zr/c2*1-2-7-13(6-1)12-15-10-5-9-14-8-3-4-11-16(14)15;;;/h2*1-6,8-12H;2*1H;/q;;;;+2/p-2. The minimum absolute atomic E-state index is 0. The van der Waals surface area contributed by atoms with Gasteiger partial charge in [0.2, 0.25) is 0 Å². The first kappa shape index (κ1) is 25.4. The normalized spacial score (nSPS) is 16.2. The van der Waals surface area contributed by atoms with Crippen molar-refractivity contribution in [1.29, 1.82) is 0 Å². The first-order valence-corrected chi connectivity index (χ1v) is 13.7. The molecule has 0 radical (unpaired) electrons. The molecule has 4 aromatic rings. The van der Waals surface area contributed by atoms with Crippen LogP contribution in [0.3, 0.4) is 0 Å². The molecule has 0 nitrogen and oxygen atoms in total. The zero-order valence-corrected chi connectivity index (χ0v) is 22.9. The first-order valence-electron chi connectivity index (χ1n) is 11.3. The van der Waals surface area contributed by atoms with Gasteiger partial charge >= 0.3 is 207 Å². The second kappa shape index (κ2) is 11.4. The van der Waals surface area contributed by atoms with Crippen LogP contribution in [0.5, 0.6) is 0 Å². The molecule has 0 fully saturated rings. The van der Waals surface area contributed by atoms with Crippen LogP contribution < -0.4 is 24.8 Å². The van der Waals surface area contributed by atoms with E-state index in [1.807, 2.05) is 0 Å². The molecule has 0 atom stereocenters. The van der Waals surface area contributed by atoms with Crippen LogP contribution in [0.4, 0.5) is 0 Å². The fraction of sp³-hybridized carbons (Fsp3) is 0. The minimum Gasteiger partial charge on any atom is -1.00 e. The second-order valence-corrected chi connectivity index (χ2v) is 11.6. The summed E-state index contributed by atoms with van der Waals surface area (Å²) in [5.74, 6) is 0. The molecule has 0 unspecified atom stereocenters. The average molecular weight is 569 g/mol. The van der Waals surface area contributed by atoms with Crippen molar-refractivity contribution in [3.8, 4) is 0 Å². The zero-order chi connectivity index (χ0) is 22.0. The van der Waals surface area contributed by atoms with E-state index in [0.29, 0.717) is 0 Å². The monoisotopic (exact) mass is 566 g/mol. The number of rotatable bonds is 4. The van der Waals surface area contributed by atoms with E-state index in [-0.39, 0.29) is 24.8 Å². The number of allylic oxidation sites excluding steroid dienone is 10. The van der Waals surface area contributed by atoms with Crippen molar-refractivity contribution in [2.45, 2.75) is 0 Å². The maximum atomic E-state index is 2.37. The van der Waals surface area contributed by atoms with Crippen molar-refractivity contribution in [3.05, 3.63) is 150 Å². The number of hydrogen-bond donors (Lipinski definition) is 0. The van der Waals surface area contributed by atoms with Gasteiger partial charge in [0.1, 0.15) is 0 Å². The molecule has 0 heterocycles. The van der Waals surface area contributed by atoms with Crippen LogP contribution in [-0.2, 0) is 23.2 Å². The Kier molecular flexibility index (Phi) is 8.24. The third kappa shape index (κ3) is 5.29. The fourth-order valence-corrected chi connectivity index (χ4v) is 7.65. The molecule has 0 amide bonds. The molecule has 0 bridgehead atoms. The predicted octanol–water partition coefficient (Wildman–Crippen LogP) is 2.46. The Balaban J connectivity index is 0.00000144. The van der Waals surface area contributed by atoms with Crippen molar-refractivity contribution >= 4 is 33.7 Å². The summed E-state index contributed by atoms with van der Waals surface area (Å²) < 4.78 is 3.07. The molecule has 2 aliphatic carbocycles. The maximum Gasteiger partial charge on any atom is -1.00 e. The zero-order valence-electron chi connectivity index (χ0n) is 19.0. The number of fused-ring (bicyclic) bond motifs is 2. The van der Waals surface area contributed by atoms with Gasteiger partial charge in [-0.2, -0.15) is 0 Å². The molecule has 0 saturated carbocycles. The van der Waals surface area contributed by atoms with Gasteiger partial charge in [-0.1, -0.05) is 0 Å². The molecule has 4 aromatic carbocycles. The topological polar surface area (TPSA) is 0 Å². The summed E-state index contributed by atoms with van der Waals surface area (Å²) in [7, 11) is 0. The van der Waals surface area contributed by atoms with E-state index in [1.165, 1.54) is 50.4 Å². The van der Waals surface area contributed by atoms with Crippen LogP contribution in [0.25, 0.3) is 33.7 Å². The van der Waals surface area contributed by atoms with Crippen molar-refractivity contribution < 1.29 is 48.0 Å². The Hall–Kier alpha value is -2.70. The molecule has 3 heteroatoms. The molecular weight excluding hydrogens is 546 g/mol. The van der Waals surface area contributed by atoms with Gasteiger partial charge in [0, 0.05) is 0 Å². The van der Waals surface area contributed by atoms with Crippen LogP contribution in [0.2, 0.25) is 0 Å². The van der Waals surface area contributed by atoms with Gasteiger partial charge in [0.15, 0.2) is 0 Å². The molecule has 0 aliphatic heterocycles. The minimum atomic E-state index is -0.947. The van der Waals surface area contributed by atoms with Crippen LogP contribution in [0.1, 0.15) is 11.1 Å².